The van der Waals surface area contributed by atoms with E-state index in [0.29, 0.717) is 49.0 Å². The molecule has 0 saturated heterocycles. The second kappa shape index (κ2) is 12.4. The Hall–Kier alpha value is -2.09. The Morgan fingerprint density at radius 3 is 2.60 bits per heavy atom. The second-order valence-electron chi connectivity index (χ2n) is 12.7. The summed E-state index contributed by atoms with van der Waals surface area (Å²) in [5, 5.41) is 21.2. The number of unbranched alkanes of at least 4 members (excludes halogenated alkanes) is 3. The number of ether oxygens (including phenoxy) is 1. The molecule has 7 heteroatoms. The van der Waals surface area contributed by atoms with E-state index >= 15 is 0 Å². The number of rotatable bonds is 12. The fourth-order valence-corrected chi connectivity index (χ4v) is 9.23. The smallest absolute Gasteiger partial charge is 0.211 e. The van der Waals surface area contributed by atoms with E-state index in [1.165, 1.54) is 16.7 Å². The van der Waals surface area contributed by atoms with E-state index in [2.05, 4.69) is 42.0 Å². The molecule has 0 aromatic heterocycles. The lowest BCUT2D eigenvalue weighted by Crippen LogP contribution is -2.47. The van der Waals surface area contributed by atoms with Crippen molar-refractivity contribution in [3.05, 3.63) is 59.2 Å². The van der Waals surface area contributed by atoms with Gasteiger partial charge in [0, 0.05) is 6.54 Å². The van der Waals surface area contributed by atoms with Crippen LogP contribution in [0.1, 0.15) is 100 Å². The normalized spacial score (nSPS) is 29.4. The first-order valence-electron chi connectivity index (χ1n) is 15.4. The zero-order valence-electron chi connectivity index (χ0n) is 24.1. The van der Waals surface area contributed by atoms with Crippen LogP contribution in [0.3, 0.4) is 0 Å². The van der Waals surface area contributed by atoms with Crippen LogP contribution in [0.25, 0.3) is 0 Å². The molecule has 40 heavy (non-hydrogen) atoms. The van der Waals surface area contributed by atoms with Crippen LogP contribution < -0.4 is 9.46 Å². The average molecular weight is 570 g/mol. The van der Waals surface area contributed by atoms with Crippen LogP contribution in [-0.4, -0.2) is 43.6 Å². The van der Waals surface area contributed by atoms with Gasteiger partial charge in [0.2, 0.25) is 10.0 Å². The fraction of sp³-hybridized carbons (Fsp3) is 0.636. The maximum absolute atomic E-state index is 12.0. The van der Waals surface area contributed by atoms with Crippen LogP contribution >= 0.6 is 0 Å². The quantitative estimate of drug-likeness (QED) is 0.262. The molecule has 220 valence electrons. The molecule has 2 fully saturated rings. The molecule has 3 aliphatic rings. The number of fused-ring (bicyclic) bond motifs is 5. The zero-order valence-corrected chi connectivity index (χ0v) is 25.0. The van der Waals surface area contributed by atoms with Crippen LogP contribution in [0.15, 0.2) is 42.5 Å². The molecule has 2 aromatic rings. The van der Waals surface area contributed by atoms with Gasteiger partial charge >= 0.3 is 0 Å². The molecule has 0 unspecified atom stereocenters. The summed E-state index contributed by atoms with van der Waals surface area (Å²) in [6.07, 6.45) is 8.95. The highest BCUT2D eigenvalue weighted by molar-refractivity contribution is 7.89. The Bertz CT molecular complexity index is 1250. The first-order valence-corrected chi connectivity index (χ1v) is 17.1. The van der Waals surface area contributed by atoms with Crippen LogP contribution in [0.2, 0.25) is 0 Å². The van der Waals surface area contributed by atoms with Crippen molar-refractivity contribution in [2.75, 3.05) is 18.9 Å². The van der Waals surface area contributed by atoms with Gasteiger partial charge < -0.3 is 14.9 Å². The van der Waals surface area contributed by atoms with E-state index in [1.807, 2.05) is 19.1 Å². The third-order valence-electron chi connectivity index (χ3n) is 10.2. The van der Waals surface area contributed by atoms with Crippen molar-refractivity contribution in [3.8, 4) is 11.5 Å². The minimum absolute atomic E-state index is 0.0611. The van der Waals surface area contributed by atoms with Crippen molar-refractivity contribution in [2.24, 2.45) is 17.3 Å². The summed E-state index contributed by atoms with van der Waals surface area (Å²) in [5.74, 6) is 3.14. The maximum Gasteiger partial charge on any atom is 0.211 e. The summed E-state index contributed by atoms with van der Waals surface area (Å²) in [5.41, 5.74) is 3.89. The first-order chi connectivity index (χ1) is 19.2. The monoisotopic (exact) mass is 569 g/mol. The molecular formula is C33H47NO5S. The van der Waals surface area contributed by atoms with Crippen LogP contribution in [0.4, 0.5) is 0 Å². The van der Waals surface area contributed by atoms with E-state index in [1.54, 1.807) is 0 Å². The van der Waals surface area contributed by atoms with Crippen molar-refractivity contribution >= 4 is 10.0 Å². The Kier molecular flexibility index (Phi) is 9.13. The average Bonchev–Trinajstić information content (AvgIpc) is 3.24. The van der Waals surface area contributed by atoms with Crippen LogP contribution in [-0.2, 0) is 16.4 Å². The van der Waals surface area contributed by atoms with E-state index in [4.69, 9.17) is 4.74 Å². The summed E-state index contributed by atoms with van der Waals surface area (Å²) in [4.78, 5) is 0. The number of sulfonamides is 1. The summed E-state index contributed by atoms with van der Waals surface area (Å²) in [6.45, 7) is 5.46. The fourth-order valence-electron chi connectivity index (χ4n) is 8.04. The molecule has 0 amide bonds. The van der Waals surface area contributed by atoms with E-state index in [0.717, 1.165) is 63.5 Å². The number of hydrogen-bond acceptors (Lipinski definition) is 5. The molecule has 6 atom stereocenters. The number of nitrogens with one attached hydrogen (secondary N) is 1. The predicted molar refractivity (Wildman–Crippen MR) is 159 cm³/mol. The van der Waals surface area contributed by atoms with Gasteiger partial charge in [0.25, 0.3) is 0 Å². The molecule has 0 heterocycles. The molecule has 6 nitrogen and oxygen atoms in total. The molecule has 2 saturated carbocycles. The van der Waals surface area contributed by atoms with Gasteiger partial charge in [-0.1, -0.05) is 38.5 Å². The molecule has 2 aromatic carbocycles. The number of aliphatic hydroxyl groups is 1. The Balaban J connectivity index is 1.22. The Labute approximate surface area is 240 Å². The van der Waals surface area contributed by atoms with Crippen molar-refractivity contribution < 1.29 is 23.4 Å². The van der Waals surface area contributed by atoms with Crippen LogP contribution in [0, 0.1) is 17.3 Å². The highest BCUT2D eigenvalue weighted by Gasteiger charge is 2.57. The summed E-state index contributed by atoms with van der Waals surface area (Å²) in [6, 6.07) is 14.5. The highest BCUT2D eigenvalue weighted by atomic mass is 32.2. The predicted octanol–water partition coefficient (Wildman–Crippen LogP) is 6.27. The van der Waals surface area contributed by atoms with Gasteiger partial charge in [-0.15, -0.1) is 0 Å². The second-order valence-corrected chi connectivity index (χ2v) is 14.6. The molecule has 0 spiro atoms. The summed E-state index contributed by atoms with van der Waals surface area (Å²) < 4.78 is 32.7. The summed E-state index contributed by atoms with van der Waals surface area (Å²) >= 11 is 0. The zero-order chi connectivity index (χ0) is 28.3. The third-order valence-corrected chi connectivity index (χ3v) is 11.6. The van der Waals surface area contributed by atoms with Gasteiger partial charge in [-0.2, -0.15) is 0 Å². The SMILES string of the molecule is CCCCNS(=O)(=O)CCCCCOc1ccc([C@H]2C[C@]3(C)[C@@H](O)CC[C@H]3[C@@H]3CCc4cc(O)ccc4[C@H]32)cc1. The van der Waals surface area contributed by atoms with E-state index in [9.17, 15) is 18.6 Å². The van der Waals surface area contributed by atoms with Gasteiger partial charge in [0.15, 0.2) is 0 Å². The number of aromatic hydroxyl groups is 1. The number of phenols is 1. The lowest BCUT2D eigenvalue weighted by molar-refractivity contribution is -0.0323. The molecule has 0 bridgehead atoms. The number of hydrogen-bond donors (Lipinski definition) is 3. The van der Waals surface area contributed by atoms with E-state index in [-0.39, 0.29) is 17.3 Å². The summed E-state index contributed by atoms with van der Waals surface area (Å²) in [7, 11) is -3.17. The minimum Gasteiger partial charge on any atom is -0.508 e. The molecular weight excluding hydrogens is 522 g/mol. The molecule has 0 radical (unpaired) electrons. The van der Waals surface area contributed by atoms with Crippen molar-refractivity contribution in [1.82, 2.24) is 4.72 Å². The molecule has 0 aliphatic heterocycles. The number of phenolic OH excluding ortho intramolecular Hbond substituents is 1. The standard InChI is InChI=1S/C33H47NO5S/c1-3-4-18-34-40(37,38)20-7-5-6-19-39-26-12-8-23(9-13-26)29-22-33(2)30(16-17-31(33)36)28-14-10-24-21-25(35)11-15-27(24)32(28)29/h8-9,11-13,15,21,28-32,34-36H,3-7,10,14,16-20,22H2,1-2H3/t28-,29+,30-,31-,32+,33-/m0/s1. The largest absolute Gasteiger partial charge is 0.508 e. The van der Waals surface area contributed by atoms with Gasteiger partial charge in [0.1, 0.15) is 11.5 Å². The third kappa shape index (κ3) is 6.22. The van der Waals surface area contributed by atoms with Gasteiger partial charge in [0.05, 0.1) is 18.5 Å². The van der Waals surface area contributed by atoms with Crippen molar-refractivity contribution in [3.63, 3.8) is 0 Å². The highest BCUT2D eigenvalue weighted by Crippen LogP contribution is 2.65. The molecule has 3 N–H and O–H groups in total. The van der Waals surface area contributed by atoms with Gasteiger partial charge in [-0.05, 0) is 128 Å². The van der Waals surface area contributed by atoms with Crippen molar-refractivity contribution in [1.29, 1.82) is 0 Å². The Morgan fingerprint density at radius 1 is 1.02 bits per heavy atom. The maximum atomic E-state index is 12.0. The number of benzene rings is 2. The van der Waals surface area contributed by atoms with Gasteiger partial charge in [-0.25, -0.2) is 13.1 Å². The molecule has 5 rings (SSSR count). The lowest BCUT2D eigenvalue weighted by atomic mass is 9.51. The first kappa shape index (κ1) is 29.4. The minimum atomic E-state index is -3.17. The molecule has 3 aliphatic carbocycles. The topological polar surface area (TPSA) is 95.9 Å². The lowest BCUT2D eigenvalue weighted by Gasteiger charge is -2.54. The Morgan fingerprint density at radius 2 is 1.82 bits per heavy atom. The van der Waals surface area contributed by atoms with Gasteiger partial charge in [-0.3, -0.25) is 0 Å². The van der Waals surface area contributed by atoms with E-state index < -0.39 is 10.0 Å². The number of aryl methyl sites for hydroxylation is 1. The number of aliphatic hydroxyl groups excluding tert-OH is 1. The van der Waals surface area contributed by atoms with Crippen LogP contribution in [0.5, 0.6) is 11.5 Å². The van der Waals surface area contributed by atoms with Crippen molar-refractivity contribution in [2.45, 2.75) is 96.0 Å².